The molecule has 90 valence electrons. The number of rotatable bonds is 5. The molecule has 2 heteroatoms. The SMILES string of the molecule is CC(C)(C)CC(NCCN)c1ccccc1. The van der Waals surface area contributed by atoms with Crippen LogP contribution in [0.5, 0.6) is 0 Å². The quantitative estimate of drug-likeness (QED) is 0.800. The Morgan fingerprint density at radius 2 is 1.81 bits per heavy atom. The molecule has 0 aliphatic carbocycles. The van der Waals surface area contributed by atoms with Gasteiger partial charge in [-0.25, -0.2) is 0 Å². The molecule has 0 bridgehead atoms. The molecule has 16 heavy (non-hydrogen) atoms. The lowest BCUT2D eigenvalue weighted by molar-refractivity contribution is 0.313. The lowest BCUT2D eigenvalue weighted by Crippen LogP contribution is -2.30. The summed E-state index contributed by atoms with van der Waals surface area (Å²) in [6, 6.07) is 11.0. The number of nitrogens with two attached hydrogens (primary N) is 1. The zero-order chi connectivity index (χ0) is 12.0. The summed E-state index contributed by atoms with van der Waals surface area (Å²) in [6.45, 7) is 8.37. The number of hydrogen-bond donors (Lipinski definition) is 2. The van der Waals surface area contributed by atoms with Gasteiger partial charge in [-0.15, -0.1) is 0 Å². The van der Waals surface area contributed by atoms with Gasteiger partial charge in [-0.2, -0.15) is 0 Å². The Labute approximate surface area is 99.2 Å². The van der Waals surface area contributed by atoms with E-state index in [1.54, 1.807) is 0 Å². The van der Waals surface area contributed by atoms with E-state index < -0.39 is 0 Å². The molecular formula is C14H24N2. The molecule has 0 amide bonds. The van der Waals surface area contributed by atoms with E-state index in [-0.39, 0.29) is 0 Å². The molecule has 0 saturated carbocycles. The molecule has 2 nitrogen and oxygen atoms in total. The molecule has 0 radical (unpaired) electrons. The van der Waals surface area contributed by atoms with Crippen LogP contribution in [0, 0.1) is 5.41 Å². The first-order chi connectivity index (χ1) is 7.53. The van der Waals surface area contributed by atoms with E-state index in [1.165, 1.54) is 5.56 Å². The maximum absolute atomic E-state index is 5.56. The molecule has 1 aromatic carbocycles. The summed E-state index contributed by atoms with van der Waals surface area (Å²) in [4.78, 5) is 0. The molecular weight excluding hydrogens is 196 g/mol. The van der Waals surface area contributed by atoms with Gasteiger partial charge >= 0.3 is 0 Å². The molecule has 0 saturated heterocycles. The fraction of sp³-hybridized carbons (Fsp3) is 0.571. The van der Waals surface area contributed by atoms with Gasteiger partial charge in [0.2, 0.25) is 0 Å². The summed E-state index contributed by atoms with van der Waals surface area (Å²) < 4.78 is 0. The fourth-order valence-corrected chi connectivity index (χ4v) is 1.86. The van der Waals surface area contributed by atoms with E-state index in [9.17, 15) is 0 Å². The maximum Gasteiger partial charge on any atom is 0.0325 e. The Hall–Kier alpha value is -0.860. The largest absolute Gasteiger partial charge is 0.329 e. The van der Waals surface area contributed by atoms with Crippen LogP contribution in [0.1, 0.15) is 38.8 Å². The first-order valence-corrected chi connectivity index (χ1v) is 6.01. The van der Waals surface area contributed by atoms with Crippen molar-refractivity contribution in [1.82, 2.24) is 5.32 Å². The summed E-state index contributed by atoms with van der Waals surface area (Å²) in [6.07, 6.45) is 1.12. The van der Waals surface area contributed by atoms with Gasteiger partial charge in [0.25, 0.3) is 0 Å². The van der Waals surface area contributed by atoms with E-state index in [0.717, 1.165) is 13.0 Å². The molecule has 0 aliphatic heterocycles. The predicted octanol–water partition coefficient (Wildman–Crippen LogP) is 2.71. The van der Waals surface area contributed by atoms with Crippen molar-refractivity contribution in [3.63, 3.8) is 0 Å². The van der Waals surface area contributed by atoms with Gasteiger partial charge < -0.3 is 11.1 Å². The van der Waals surface area contributed by atoms with Crippen LogP contribution < -0.4 is 11.1 Å². The van der Waals surface area contributed by atoms with E-state index in [0.29, 0.717) is 18.0 Å². The third kappa shape index (κ3) is 4.77. The normalized spacial score (nSPS) is 13.8. The van der Waals surface area contributed by atoms with Crippen LogP contribution in [0.15, 0.2) is 30.3 Å². The lowest BCUT2D eigenvalue weighted by atomic mass is 9.85. The van der Waals surface area contributed by atoms with Gasteiger partial charge in [0.05, 0.1) is 0 Å². The molecule has 3 N–H and O–H groups in total. The summed E-state index contributed by atoms with van der Waals surface area (Å²) in [5.41, 5.74) is 7.23. The zero-order valence-corrected chi connectivity index (χ0v) is 10.7. The molecule has 0 fully saturated rings. The second kappa shape index (κ2) is 6.02. The van der Waals surface area contributed by atoms with Gasteiger partial charge in [-0.05, 0) is 17.4 Å². The minimum absolute atomic E-state index is 0.322. The zero-order valence-electron chi connectivity index (χ0n) is 10.7. The van der Waals surface area contributed by atoms with Gasteiger partial charge in [0, 0.05) is 19.1 Å². The minimum Gasteiger partial charge on any atom is -0.329 e. The van der Waals surface area contributed by atoms with Crippen molar-refractivity contribution in [2.45, 2.75) is 33.2 Å². The third-order valence-electron chi connectivity index (χ3n) is 2.55. The van der Waals surface area contributed by atoms with Crippen molar-refractivity contribution in [1.29, 1.82) is 0 Å². The van der Waals surface area contributed by atoms with Crippen LogP contribution in [-0.4, -0.2) is 13.1 Å². The van der Waals surface area contributed by atoms with E-state index >= 15 is 0 Å². The van der Waals surface area contributed by atoms with Crippen molar-refractivity contribution in [2.75, 3.05) is 13.1 Å². The molecule has 0 spiro atoms. The summed E-state index contributed by atoms with van der Waals surface area (Å²) in [7, 11) is 0. The monoisotopic (exact) mass is 220 g/mol. The molecule has 1 atom stereocenters. The average Bonchev–Trinajstić information content (AvgIpc) is 2.24. The molecule has 1 unspecified atom stereocenters. The summed E-state index contributed by atoms with van der Waals surface area (Å²) in [5.74, 6) is 0. The molecule has 0 aliphatic rings. The van der Waals surface area contributed by atoms with Gasteiger partial charge in [-0.1, -0.05) is 51.1 Å². The van der Waals surface area contributed by atoms with Crippen molar-refractivity contribution >= 4 is 0 Å². The van der Waals surface area contributed by atoms with Crippen LogP contribution in [0.2, 0.25) is 0 Å². The van der Waals surface area contributed by atoms with Gasteiger partial charge in [0.15, 0.2) is 0 Å². The standard InChI is InChI=1S/C14H24N2/c1-14(2,3)11-13(16-10-9-15)12-7-5-4-6-8-12/h4-8,13,16H,9-11,15H2,1-3H3. The minimum atomic E-state index is 0.322. The molecule has 0 aromatic heterocycles. The summed E-state index contributed by atoms with van der Waals surface area (Å²) in [5, 5.41) is 3.52. The Bertz CT molecular complexity index is 287. The second-order valence-electron chi connectivity index (χ2n) is 5.47. The van der Waals surface area contributed by atoms with Crippen molar-refractivity contribution in [3.05, 3.63) is 35.9 Å². The highest BCUT2D eigenvalue weighted by atomic mass is 14.9. The second-order valence-corrected chi connectivity index (χ2v) is 5.47. The first kappa shape index (κ1) is 13.2. The Balaban J connectivity index is 2.71. The highest BCUT2D eigenvalue weighted by molar-refractivity contribution is 5.19. The van der Waals surface area contributed by atoms with Gasteiger partial charge in [-0.3, -0.25) is 0 Å². The highest BCUT2D eigenvalue weighted by Gasteiger charge is 2.19. The Morgan fingerprint density at radius 3 is 2.31 bits per heavy atom. The fourth-order valence-electron chi connectivity index (χ4n) is 1.86. The third-order valence-corrected chi connectivity index (χ3v) is 2.55. The molecule has 1 rings (SSSR count). The molecule has 0 heterocycles. The van der Waals surface area contributed by atoms with Crippen LogP contribution in [0.25, 0.3) is 0 Å². The van der Waals surface area contributed by atoms with Crippen LogP contribution in [-0.2, 0) is 0 Å². The smallest absolute Gasteiger partial charge is 0.0325 e. The molecule has 1 aromatic rings. The van der Waals surface area contributed by atoms with Crippen LogP contribution in [0.3, 0.4) is 0 Å². The van der Waals surface area contributed by atoms with Crippen LogP contribution >= 0.6 is 0 Å². The first-order valence-electron chi connectivity index (χ1n) is 6.01. The van der Waals surface area contributed by atoms with E-state index in [1.807, 2.05) is 0 Å². The number of hydrogen-bond acceptors (Lipinski definition) is 2. The van der Waals surface area contributed by atoms with Gasteiger partial charge in [0.1, 0.15) is 0 Å². The summed E-state index contributed by atoms with van der Waals surface area (Å²) >= 11 is 0. The number of benzene rings is 1. The van der Waals surface area contributed by atoms with Crippen molar-refractivity contribution in [2.24, 2.45) is 11.1 Å². The average molecular weight is 220 g/mol. The van der Waals surface area contributed by atoms with Crippen molar-refractivity contribution < 1.29 is 0 Å². The maximum atomic E-state index is 5.56. The topological polar surface area (TPSA) is 38.0 Å². The lowest BCUT2D eigenvalue weighted by Gasteiger charge is -2.27. The predicted molar refractivity (Wildman–Crippen MR) is 70.3 cm³/mol. The number of nitrogens with one attached hydrogen (secondary N) is 1. The highest BCUT2D eigenvalue weighted by Crippen LogP contribution is 2.29. The van der Waals surface area contributed by atoms with E-state index in [2.05, 4.69) is 56.4 Å². The van der Waals surface area contributed by atoms with E-state index in [4.69, 9.17) is 5.73 Å². The van der Waals surface area contributed by atoms with Crippen LogP contribution in [0.4, 0.5) is 0 Å². The Morgan fingerprint density at radius 1 is 1.19 bits per heavy atom. The Kier molecular flexibility index (Phi) is 4.97. The van der Waals surface area contributed by atoms with Crippen molar-refractivity contribution in [3.8, 4) is 0 Å².